The maximum atomic E-state index is 11.9. The van der Waals surface area contributed by atoms with Crippen LogP contribution in [-0.2, 0) is 32.0 Å². The molecule has 6 heteroatoms. The summed E-state index contributed by atoms with van der Waals surface area (Å²) in [6, 6.07) is 5.94. The van der Waals surface area contributed by atoms with Crippen molar-refractivity contribution in [3.63, 3.8) is 0 Å². The number of hydrogen-bond acceptors (Lipinski definition) is 6. The molecular formula is C16H18N2O4. The number of hydrogen-bond donors (Lipinski definition) is 2. The molecule has 0 radical (unpaired) electrons. The largest absolute Gasteiger partial charge is 0.419 e. The lowest BCUT2D eigenvalue weighted by atomic mass is 9.99. The van der Waals surface area contributed by atoms with Crippen LogP contribution in [0.4, 0.5) is 5.69 Å². The van der Waals surface area contributed by atoms with E-state index in [1.165, 1.54) is 25.6 Å². The molecule has 1 saturated heterocycles. The average molecular weight is 302 g/mol. The van der Waals surface area contributed by atoms with Gasteiger partial charge in [0, 0.05) is 32.3 Å². The highest BCUT2D eigenvalue weighted by Crippen LogP contribution is 2.25. The monoisotopic (exact) mass is 302 g/mol. The summed E-state index contributed by atoms with van der Waals surface area (Å²) >= 11 is 0. The van der Waals surface area contributed by atoms with E-state index in [-0.39, 0.29) is 5.57 Å². The van der Waals surface area contributed by atoms with Gasteiger partial charge >= 0.3 is 11.9 Å². The first-order valence-electron chi connectivity index (χ1n) is 7.21. The molecule has 1 aromatic rings. The number of anilines is 1. The van der Waals surface area contributed by atoms with Crippen LogP contribution >= 0.6 is 0 Å². The van der Waals surface area contributed by atoms with E-state index in [9.17, 15) is 9.59 Å². The molecule has 0 unspecified atom stereocenters. The van der Waals surface area contributed by atoms with Crippen LogP contribution in [0.15, 0.2) is 30.0 Å². The molecule has 0 amide bonds. The Morgan fingerprint density at radius 3 is 2.68 bits per heavy atom. The predicted molar refractivity (Wildman–Crippen MR) is 79.8 cm³/mol. The number of cyclic esters (lactones) is 2. The number of carbonyl (C=O) groups excluding carboxylic acids is 2. The van der Waals surface area contributed by atoms with E-state index in [2.05, 4.69) is 16.7 Å². The summed E-state index contributed by atoms with van der Waals surface area (Å²) in [6.45, 7) is 4.74. The number of nitrogens with one attached hydrogen (secondary N) is 2. The van der Waals surface area contributed by atoms with Crippen molar-refractivity contribution in [2.45, 2.75) is 32.6 Å². The van der Waals surface area contributed by atoms with Crippen molar-refractivity contribution in [3.05, 3.63) is 41.1 Å². The molecule has 6 nitrogen and oxygen atoms in total. The zero-order chi connectivity index (χ0) is 15.7. The van der Waals surface area contributed by atoms with Gasteiger partial charge < -0.3 is 20.1 Å². The van der Waals surface area contributed by atoms with Crippen LogP contribution in [0.1, 0.15) is 25.0 Å². The molecule has 0 spiro atoms. The summed E-state index contributed by atoms with van der Waals surface area (Å²) in [5.74, 6) is -2.59. The summed E-state index contributed by atoms with van der Waals surface area (Å²) in [7, 11) is 0. The Bertz CT molecular complexity index is 642. The topological polar surface area (TPSA) is 76.7 Å². The zero-order valence-corrected chi connectivity index (χ0v) is 12.6. The SMILES string of the molecule is CC1(C)OC(=O)C(=CNc2cccc3c2CNCC3)C(=O)O1. The van der Waals surface area contributed by atoms with Crippen molar-refractivity contribution < 1.29 is 19.1 Å². The molecule has 116 valence electrons. The lowest BCUT2D eigenvalue weighted by Gasteiger charge is -2.29. The minimum Gasteiger partial charge on any atom is -0.419 e. The third-order valence-electron chi connectivity index (χ3n) is 3.63. The lowest BCUT2D eigenvalue weighted by molar-refractivity contribution is -0.222. The predicted octanol–water partition coefficient (Wildman–Crippen LogP) is 1.46. The number of rotatable bonds is 2. The fourth-order valence-electron chi connectivity index (χ4n) is 2.58. The highest BCUT2D eigenvalue weighted by atomic mass is 16.7. The van der Waals surface area contributed by atoms with Crippen molar-refractivity contribution in [1.29, 1.82) is 0 Å². The molecule has 0 aliphatic carbocycles. The number of carbonyl (C=O) groups is 2. The minimum atomic E-state index is -1.22. The number of ether oxygens (including phenoxy) is 2. The van der Waals surface area contributed by atoms with Crippen molar-refractivity contribution in [3.8, 4) is 0 Å². The number of esters is 2. The second-order valence-electron chi connectivity index (χ2n) is 5.75. The molecule has 2 heterocycles. The fraction of sp³-hybridized carbons (Fsp3) is 0.375. The Balaban J connectivity index is 1.83. The van der Waals surface area contributed by atoms with Gasteiger partial charge in [-0.05, 0) is 30.2 Å². The van der Waals surface area contributed by atoms with Gasteiger partial charge in [-0.3, -0.25) is 0 Å². The van der Waals surface area contributed by atoms with Gasteiger partial charge in [0.05, 0.1) is 0 Å². The van der Waals surface area contributed by atoms with Gasteiger partial charge in [-0.15, -0.1) is 0 Å². The standard InChI is InChI=1S/C16H18N2O4/c1-16(2)21-14(19)12(15(20)22-16)9-18-13-5-3-4-10-6-7-17-8-11(10)13/h3-5,9,17-18H,6-8H2,1-2H3. The summed E-state index contributed by atoms with van der Waals surface area (Å²) in [5.41, 5.74) is 3.13. The van der Waals surface area contributed by atoms with Gasteiger partial charge in [0.2, 0.25) is 0 Å². The molecule has 2 aliphatic rings. The third-order valence-corrected chi connectivity index (χ3v) is 3.63. The molecular weight excluding hydrogens is 284 g/mol. The Morgan fingerprint density at radius 2 is 1.95 bits per heavy atom. The fourth-order valence-corrected chi connectivity index (χ4v) is 2.58. The zero-order valence-electron chi connectivity index (χ0n) is 12.6. The summed E-state index contributed by atoms with van der Waals surface area (Å²) < 4.78 is 10.1. The van der Waals surface area contributed by atoms with Crippen molar-refractivity contribution >= 4 is 17.6 Å². The van der Waals surface area contributed by atoms with Crippen LogP contribution in [0.5, 0.6) is 0 Å². The van der Waals surface area contributed by atoms with Gasteiger partial charge in [0.15, 0.2) is 5.57 Å². The second kappa shape index (κ2) is 5.46. The Kier molecular flexibility index (Phi) is 3.62. The van der Waals surface area contributed by atoms with Crippen LogP contribution in [0.2, 0.25) is 0 Å². The number of benzene rings is 1. The molecule has 1 fully saturated rings. The second-order valence-corrected chi connectivity index (χ2v) is 5.75. The molecule has 2 N–H and O–H groups in total. The highest BCUT2D eigenvalue weighted by molar-refractivity contribution is 6.15. The molecule has 1 aromatic carbocycles. The van der Waals surface area contributed by atoms with Gasteiger partial charge in [-0.1, -0.05) is 12.1 Å². The van der Waals surface area contributed by atoms with Crippen LogP contribution in [0.25, 0.3) is 0 Å². The smallest absolute Gasteiger partial charge is 0.350 e. The molecule has 0 aromatic heterocycles. The van der Waals surface area contributed by atoms with Crippen LogP contribution in [-0.4, -0.2) is 24.3 Å². The van der Waals surface area contributed by atoms with Crippen molar-refractivity contribution in [2.24, 2.45) is 0 Å². The maximum absolute atomic E-state index is 11.9. The highest BCUT2D eigenvalue weighted by Gasteiger charge is 2.38. The average Bonchev–Trinajstić information content (AvgIpc) is 2.45. The Hall–Kier alpha value is -2.34. The van der Waals surface area contributed by atoms with Crippen LogP contribution in [0, 0.1) is 0 Å². The van der Waals surface area contributed by atoms with Crippen molar-refractivity contribution in [2.75, 3.05) is 11.9 Å². The van der Waals surface area contributed by atoms with E-state index in [1.54, 1.807) is 0 Å². The third kappa shape index (κ3) is 2.82. The molecule has 3 rings (SSSR count). The molecule has 22 heavy (non-hydrogen) atoms. The van der Waals surface area contributed by atoms with E-state index < -0.39 is 17.7 Å². The molecule has 0 saturated carbocycles. The summed E-state index contributed by atoms with van der Waals surface area (Å²) in [5, 5.41) is 6.33. The molecule has 2 aliphatic heterocycles. The first kappa shape index (κ1) is 14.6. The molecule has 0 bridgehead atoms. The van der Waals surface area contributed by atoms with E-state index >= 15 is 0 Å². The minimum absolute atomic E-state index is 0.138. The van der Waals surface area contributed by atoms with Crippen molar-refractivity contribution in [1.82, 2.24) is 5.32 Å². The maximum Gasteiger partial charge on any atom is 0.350 e. The van der Waals surface area contributed by atoms with E-state index in [4.69, 9.17) is 9.47 Å². The first-order chi connectivity index (χ1) is 10.5. The lowest BCUT2D eigenvalue weighted by Crippen LogP contribution is -2.42. The van der Waals surface area contributed by atoms with Gasteiger partial charge in [-0.25, -0.2) is 9.59 Å². The summed E-state index contributed by atoms with van der Waals surface area (Å²) in [6.07, 6.45) is 2.31. The van der Waals surface area contributed by atoms with Gasteiger partial charge in [0.25, 0.3) is 5.79 Å². The Labute approximate surface area is 128 Å². The number of fused-ring (bicyclic) bond motifs is 1. The summed E-state index contributed by atoms with van der Waals surface area (Å²) in [4.78, 5) is 23.8. The van der Waals surface area contributed by atoms with E-state index in [0.29, 0.717) is 0 Å². The van der Waals surface area contributed by atoms with Crippen LogP contribution < -0.4 is 10.6 Å². The molecule has 0 atom stereocenters. The normalized spacial score (nSPS) is 19.8. The van der Waals surface area contributed by atoms with E-state index in [0.717, 1.165) is 30.8 Å². The quantitative estimate of drug-likeness (QED) is 0.489. The van der Waals surface area contributed by atoms with E-state index in [1.807, 2.05) is 12.1 Å². The van der Waals surface area contributed by atoms with Gasteiger partial charge in [-0.2, -0.15) is 0 Å². The van der Waals surface area contributed by atoms with Crippen LogP contribution in [0.3, 0.4) is 0 Å². The first-order valence-corrected chi connectivity index (χ1v) is 7.21. The Morgan fingerprint density at radius 1 is 1.23 bits per heavy atom. The van der Waals surface area contributed by atoms with Gasteiger partial charge in [0.1, 0.15) is 0 Å².